The number of benzene rings is 2. The number of hydrogen-bond acceptors (Lipinski definition) is 5. The average Bonchev–Trinajstić information content (AvgIpc) is 2.66. The molecule has 0 spiro atoms. The Kier molecular flexibility index (Phi) is 5.78. The molecule has 0 saturated carbocycles. The van der Waals surface area contributed by atoms with Crippen molar-refractivity contribution in [2.45, 2.75) is 39.7 Å². The minimum atomic E-state index is -0.696. The smallest absolute Gasteiger partial charge is 0.344 e. The lowest BCUT2D eigenvalue weighted by molar-refractivity contribution is -0.151. The van der Waals surface area contributed by atoms with E-state index in [1.165, 1.54) is 5.56 Å². The average molecular weight is 380 g/mol. The van der Waals surface area contributed by atoms with Gasteiger partial charge in [0.25, 0.3) is 5.56 Å². The standard InChI is InChI=1S/C22H24N2O4/c1-13(2)17-10-9-16(11-14(17)3)27-12-20(25)28-15(4)21-23-19-8-6-5-7-18(19)22(26)24-21/h5-11,13,15H,12H2,1-4H3,(H,23,24,26). The highest BCUT2D eigenvalue weighted by atomic mass is 16.6. The van der Waals surface area contributed by atoms with E-state index in [9.17, 15) is 9.59 Å². The molecule has 0 fully saturated rings. The van der Waals surface area contributed by atoms with Crippen LogP contribution in [0.25, 0.3) is 10.9 Å². The molecule has 0 aliphatic rings. The van der Waals surface area contributed by atoms with E-state index >= 15 is 0 Å². The van der Waals surface area contributed by atoms with Gasteiger partial charge in [0.05, 0.1) is 10.9 Å². The van der Waals surface area contributed by atoms with Gasteiger partial charge < -0.3 is 14.5 Å². The van der Waals surface area contributed by atoms with Gasteiger partial charge in [0.1, 0.15) is 5.75 Å². The Morgan fingerprint density at radius 2 is 1.89 bits per heavy atom. The zero-order valence-electron chi connectivity index (χ0n) is 16.5. The van der Waals surface area contributed by atoms with Crippen molar-refractivity contribution in [1.29, 1.82) is 0 Å². The fraction of sp³-hybridized carbons (Fsp3) is 0.318. The molecule has 3 aromatic rings. The Bertz CT molecular complexity index is 1060. The molecule has 0 radical (unpaired) electrons. The Morgan fingerprint density at radius 3 is 2.61 bits per heavy atom. The van der Waals surface area contributed by atoms with Crippen molar-refractivity contribution in [3.05, 3.63) is 69.8 Å². The van der Waals surface area contributed by atoms with Crippen molar-refractivity contribution < 1.29 is 14.3 Å². The molecule has 1 heterocycles. The summed E-state index contributed by atoms with van der Waals surface area (Å²) in [5.41, 5.74) is 2.66. The lowest BCUT2D eigenvalue weighted by Crippen LogP contribution is -2.20. The summed E-state index contributed by atoms with van der Waals surface area (Å²) < 4.78 is 10.9. The van der Waals surface area contributed by atoms with Gasteiger partial charge in [-0.15, -0.1) is 0 Å². The third kappa shape index (κ3) is 4.39. The van der Waals surface area contributed by atoms with Crippen LogP contribution in [0.3, 0.4) is 0 Å². The summed E-state index contributed by atoms with van der Waals surface area (Å²) in [5.74, 6) is 0.809. The third-order valence-corrected chi connectivity index (χ3v) is 4.54. The number of hydrogen-bond donors (Lipinski definition) is 1. The lowest BCUT2D eigenvalue weighted by Gasteiger charge is -2.14. The fourth-order valence-electron chi connectivity index (χ4n) is 3.11. The monoisotopic (exact) mass is 380 g/mol. The van der Waals surface area contributed by atoms with Crippen molar-refractivity contribution >= 4 is 16.9 Å². The van der Waals surface area contributed by atoms with E-state index in [2.05, 4.69) is 23.8 Å². The minimum absolute atomic E-state index is 0.220. The number of ether oxygens (including phenoxy) is 2. The molecule has 0 amide bonds. The number of nitrogens with zero attached hydrogens (tertiary/aromatic N) is 1. The number of H-pyrrole nitrogens is 1. The van der Waals surface area contributed by atoms with Crippen molar-refractivity contribution in [3.63, 3.8) is 0 Å². The molecule has 0 bridgehead atoms. The molecule has 2 aromatic carbocycles. The first kappa shape index (κ1) is 19.6. The van der Waals surface area contributed by atoms with E-state index in [1.54, 1.807) is 31.2 Å². The number of carbonyl (C=O) groups is 1. The highest BCUT2D eigenvalue weighted by Crippen LogP contribution is 2.23. The molecule has 1 unspecified atom stereocenters. The maximum atomic E-state index is 12.1. The molecule has 1 atom stereocenters. The second kappa shape index (κ2) is 8.25. The van der Waals surface area contributed by atoms with Crippen molar-refractivity contribution in [2.24, 2.45) is 0 Å². The SMILES string of the molecule is Cc1cc(OCC(=O)OC(C)c2nc3ccccc3c(=O)[nH]2)ccc1C(C)C. The van der Waals surface area contributed by atoms with E-state index in [4.69, 9.17) is 9.47 Å². The van der Waals surface area contributed by atoms with Crippen molar-refractivity contribution in [2.75, 3.05) is 6.61 Å². The number of fused-ring (bicyclic) bond motifs is 1. The highest BCUT2D eigenvalue weighted by Gasteiger charge is 2.16. The Morgan fingerprint density at radius 1 is 1.14 bits per heavy atom. The molecular weight excluding hydrogens is 356 g/mol. The molecular formula is C22H24N2O4. The van der Waals surface area contributed by atoms with Gasteiger partial charge in [0.2, 0.25) is 0 Å². The molecule has 1 N–H and O–H groups in total. The molecule has 6 heteroatoms. The summed E-state index contributed by atoms with van der Waals surface area (Å²) >= 11 is 0. The van der Waals surface area contributed by atoms with Gasteiger partial charge >= 0.3 is 5.97 Å². The van der Waals surface area contributed by atoms with Crippen LogP contribution in [0.5, 0.6) is 5.75 Å². The van der Waals surface area contributed by atoms with Gasteiger partial charge in [0.15, 0.2) is 18.5 Å². The first-order chi connectivity index (χ1) is 13.3. The summed E-state index contributed by atoms with van der Waals surface area (Å²) in [6, 6.07) is 12.8. The predicted molar refractivity (Wildman–Crippen MR) is 108 cm³/mol. The second-order valence-electron chi connectivity index (χ2n) is 7.06. The quantitative estimate of drug-likeness (QED) is 0.653. The van der Waals surface area contributed by atoms with Crippen LogP contribution >= 0.6 is 0 Å². The maximum Gasteiger partial charge on any atom is 0.344 e. The van der Waals surface area contributed by atoms with Crippen LogP contribution < -0.4 is 10.3 Å². The normalized spacial score (nSPS) is 12.2. The first-order valence-electron chi connectivity index (χ1n) is 9.27. The molecule has 3 rings (SSSR count). The molecule has 0 saturated heterocycles. The maximum absolute atomic E-state index is 12.1. The highest BCUT2D eigenvalue weighted by molar-refractivity contribution is 5.77. The third-order valence-electron chi connectivity index (χ3n) is 4.54. The zero-order valence-corrected chi connectivity index (χ0v) is 16.5. The van der Waals surface area contributed by atoms with Gasteiger partial charge in [-0.3, -0.25) is 4.79 Å². The lowest BCUT2D eigenvalue weighted by atomic mass is 9.98. The van der Waals surface area contributed by atoms with E-state index in [-0.39, 0.29) is 12.2 Å². The zero-order chi connectivity index (χ0) is 20.3. The van der Waals surface area contributed by atoms with Crippen LogP contribution in [-0.2, 0) is 9.53 Å². The molecule has 6 nitrogen and oxygen atoms in total. The summed E-state index contributed by atoms with van der Waals surface area (Å²) in [7, 11) is 0. The van der Waals surface area contributed by atoms with Crippen molar-refractivity contribution in [3.8, 4) is 5.75 Å². The number of nitrogens with one attached hydrogen (secondary N) is 1. The van der Waals surface area contributed by atoms with E-state index in [0.717, 1.165) is 5.56 Å². The van der Waals surface area contributed by atoms with Gasteiger partial charge in [-0.2, -0.15) is 0 Å². The fourth-order valence-corrected chi connectivity index (χ4v) is 3.11. The summed E-state index contributed by atoms with van der Waals surface area (Å²) in [5, 5.41) is 0.494. The Balaban J connectivity index is 1.63. The molecule has 28 heavy (non-hydrogen) atoms. The molecule has 0 aliphatic carbocycles. The van der Waals surface area contributed by atoms with Gasteiger partial charge in [-0.1, -0.05) is 32.0 Å². The van der Waals surface area contributed by atoms with Crippen molar-refractivity contribution in [1.82, 2.24) is 9.97 Å². The topological polar surface area (TPSA) is 81.3 Å². The molecule has 0 aliphatic heterocycles. The Hall–Kier alpha value is -3.15. The van der Waals surface area contributed by atoms with E-state index < -0.39 is 12.1 Å². The summed E-state index contributed by atoms with van der Waals surface area (Å²) in [6.45, 7) is 7.72. The predicted octanol–water partition coefficient (Wildman–Crippen LogP) is 4.04. The molecule has 1 aromatic heterocycles. The number of aromatic amines is 1. The number of rotatable bonds is 6. The van der Waals surface area contributed by atoms with Crippen LogP contribution in [-0.4, -0.2) is 22.5 Å². The van der Waals surface area contributed by atoms with Gasteiger partial charge in [-0.05, 0) is 55.2 Å². The largest absolute Gasteiger partial charge is 0.482 e. The Labute approximate surface area is 163 Å². The second-order valence-corrected chi connectivity index (χ2v) is 7.06. The number of esters is 1. The van der Waals surface area contributed by atoms with Crippen LogP contribution in [0, 0.1) is 6.92 Å². The molecule has 146 valence electrons. The van der Waals surface area contributed by atoms with Crippen LogP contribution in [0.15, 0.2) is 47.3 Å². The van der Waals surface area contributed by atoms with E-state index in [0.29, 0.717) is 28.4 Å². The van der Waals surface area contributed by atoms with Gasteiger partial charge in [0, 0.05) is 0 Å². The minimum Gasteiger partial charge on any atom is -0.482 e. The number of aromatic nitrogens is 2. The first-order valence-corrected chi connectivity index (χ1v) is 9.27. The van der Waals surface area contributed by atoms with Gasteiger partial charge in [-0.25, -0.2) is 9.78 Å². The summed E-state index contributed by atoms with van der Waals surface area (Å²) in [6.07, 6.45) is -0.696. The van der Waals surface area contributed by atoms with Crippen LogP contribution in [0.1, 0.15) is 49.7 Å². The number of aryl methyl sites for hydroxylation is 1. The number of carbonyl (C=O) groups excluding carboxylic acids is 1. The summed E-state index contributed by atoms with van der Waals surface area (Å²) in [4.78, 5) is 31.3. The van der Waals surface area contributed by atoms with Crippen LogP contribution in [0.4, 0.5) is 0 Å². The van der Waals surface area contributed by atoms with Crippen LogP contribution in [0.2, 0.25) is 0 Å². The number of para-hydroxylation sites is 1. The van der Waals surface area contributed by atoms with E-state index in [1.807, 2.05) is 25.1 Å².